The van der Waals surface area contributed by atoms with Gasteiger partial charge < -0.3 is 55.9 Å². The van der Waals surface area contributed by atoms with Gasteiger partial charge in [-0.05, 0) is 24.3 Å². The number of guanidine groups is 1. The lowest BCUT2D eigenvalue weighted by atomic mass is 10.3. The topological polar surface area (TPSA) is 216 Å². The quantitative estimate of drug-likeness (QED) is 0.0505. The van der Waals surface area contributed by atoms with Gasteiger partial charge in [0.15, 0.2) is 5.96 Å². The first kappa shape index (κ1) is 35.6. The first-order valence-corrected chi connectivity index (χ1v) is 15.0. The zero-order valence-electron chi connectivity index (χ0n) is 27.5. The first-order chi connectivity index (χ1) is 23.2. The second-order valence-electron chi connectivity index (χ2n) is 10.9. The summed E-state index contributed by atoms with van der Waals surface area (Å²) in [5.74, 6) is -2.08. The van der Waals surface area contributed by atoms with Gasteiger partial charge in [0.05, 0.1) is 27.8 Å². The predicted octanol–water partition coefficient (Wildman–Crippen LogP) is 1.75. The lowest BCUT2D eigenvalue weighted by Crippen LogP contribution is -2.38. The molecular weight excluding hydrogens is 656 g/mol. The second-order valence-corrected chi connectivity index (χ2v) is 11.4. The zero-order chi connectivity index (χ0) is 36.0. The number of rotatable bonds is 12. The Kier molecular flexibility index (Phi) is 11.0. The fourth-order valence-electron chi connectivity index (χ4n) is 4.76. The van der Waals surface area contributed by atoms with Crippen molar-refractivity contribution in [1.82, 2.24) is 28.9 Å². The fraction of sp³-hybridized carbons (Fsp3) is 0.226. The van der Waals surface area contributed by atoms with Crippen molar-refractivity contribution in [3.05, 3.63) is 83.4 Å². The molecule has 0 saturated carbocycles. The summed E-state index contributed by atoms with van der Waals surface area (Å²) in [4.78, 5) is 67.4. The molecule has 0 aromatic carbocycles. The lowest BCUT2D eigenvalue weighted by Gasteiger charge is -2.07. The average molecular weight is 693 g/mol. The van der Waals surface area contributed by atoms with Crippen molar-refractivity contribution in [2.75, 3.05) is 41.4 Å². The van der Waals surface area contributed by atoms with Gasteiger partial charge >= 0.3 is 0 Å². The highest BCUT2D eigenvalue weighted by Crippen LogP contribution is 2.21. The van der Waals surface area contributed by atoms with E-state index in [9.17, 15) is 24.0 Å². The van der Waals surface area contributed by atoms with Gasteiger partial charge in [0.1, 0.15) is 22.8 Å². The van der Waals surface area contributed by atoms with Crippen molar-refractivity contribution in [3.63, 3.8) is 0 Å². The number of aliphatic imine (C=N–C) groups is 1. The van der Waals surface area contributed by atoms with E-state index in [0.29, 0.717) is 41.5 Å². The SMILES string of the molecule is C=C(Cl)C(=O)Nc1cc(C(=O)Nc2cc(C(=O)Nc3cc(C(=O)Nc4cc(C(=O)NCCNC(N)=NC)n(C)c4)n(C)c3)n(C)c2)n(C)c1. The van der Waals surface area contributed by atoms with E-state index in [2.05, 4.69) is 43.5 Å². The molecule has 49 heavy (non-hydrogen) atoms. The monoisotopic (exact) mass is 692 g/mol. The third kappa shape index (κ3) is 8.77. The highest BCUT2D eigenvalue weighted by atomic mass is 35.5. The third-order valence-electron chi connectivity index (χ3n) is 7.19. The molecule has 0 radical (unpaired) electrons. The molecule has 0 bridgehead atoms. The molecule has 0 spiro atoms. The minimum Gasteiger partial charge on any atom is -0.370 e. The Morgan fingerprint density at radius 2 is 0.959 bits per heavy atom. The molecule has 258 valence electrons. The molecule has 18 heteroatoms. The van der Waals surface area contributed by atoms with Crippen molar-refractivity contribution in [3.8, 4) is 0 Å². The van der Waals surface area contributed by atoms with Gasteiger partial charge in [-0.25, -0.2) is 0 Å². The average Bonchev–Trinajstić information content (AvgIpc) is 3.80. The molecule has 0 unspecified atom stereocenters. The van der Waals surface area contributed by atoms with Crippen molar-refractivity contribution >= 4 is 69.8 Å². The number of hydrogen-bond acceptors (Lipinski definition) is 6. The van der Waals surface area contributed by atoms with Gasteiger partial charge in [-0.15, -0.1) is 0 Å². The van der Waals surface area contributed by atoms with E-state index in [0.717, 1.165) is 0 Å². The van der Waals surface area contributed by atoms with Crippen LogP contribution in [-0.4, -0.2) is 73.9 Å². The molecule has 0 aliphatic heterocycles. The summed E-state index contributed by atoms with van der Waals surface area (Å²) in [6, 6.07) is 6.04. The number of anilines is 4. The number of halogens is 1. The van der Waals surface area contributed by atoms with Crippen molar-refractivity contribution in [2.24, 2.45) is 38.9 Å². The Labute approximate surface area is 286 Å². The highest BCUT2D eigenvalue weighted by molar-refractivity contribution is 6.43. The molecular formula is C31H37ClN12O5. The molecule has 4 rings (SSSR count). The van der Waals surface area contributed by atoms with Crippen LogP contribution in [0.1, 0.15) is 42.0 Å². The van der Waals surface area contributed by atoms with Crippen LogP contribution in [0.25, 0.3) is 0 Å². The van der Waals surface area contributed by atoms with E-state index >= 15 is 0 Å². The van der Waals surface area contributed by atoms with Gasteiger partial charge in [0.2, 0.25) is 0 Å². The van der Waals surface area contributed by atoms with E-state index in [1.165, 1.54) is 22.8 Å². The van der Waals surface area contributed by atoms with E-state index in [-0.39, 0.29) is 34.0 Å². The van der Waals surface area contributed by atoms with E-state index < -0.39 is 23.6 Å². The number of nitrogens with two attached hydrogens (primary N) is 1. The van der Waals surface area contributed by atoms with Crippen LogP contribution in [0.15, 0.2) is 65.7 Å². The number of aromatic nitrogens is 4. The Morgan fingerprint density at radius 3 is 1.31 bits per heavy atom. The summed E-state index contributed by atoms with van der Waals surface area (Å²) >= 11 is 5.61. The molecule has 4 aromatic heterocycles. The fourth-order valence-corrected chi connectivity index (χ4v) is 4.80. The Balaban J connectivity index is 1.36. The van der Waals surface area contributed by atoms with E-state index in [1.807, 2.05) is 0 Å². The number of carbonyl (C=O) groups is 5. The van der Waals surface area contributed by atoms with Crippen LogP contribution < -0.4 is 37.6 Å². The van der Waals surface area contributed by atoms with Crippen LogP contribution >= 0.6 is 11.6 Å². The van der Waals surface area contributed by atoms with Crippen LogP contribution in [0.2, 0.25) is 0 Å². The van der Waals surface area contributed by atoms with Crippen LogP contribution in [0.4, 0.5) is 22.7 Å². The number of carbonyl (C=O) groups excluding carboxylic acids is 5. The van der Waals surface area contributed by atoms with Crippen molar-refractivity contribution in [1.29, 1.82) is 0 Å². The number of aryl methyl sites for hydroxylation is 4. The van der Waals surface area contributed by atoms with Crippen LogP contribution in [-0.2, 0) is 33.0 Å². The number of nitrogens with zero attached hydrogens (tertiary/aromatic N) is 5. The maximum Gasteiger partial charge on any atom is 0.272 e. The lowest BCUT2D eigenvalue weighted by molar-refractivity contribution is -0.112. The van der Waals surface area contributed by atoms with E-state index in [1.54, 1.807) is 79.8 Å². The van der Waals surface area contributed by atoms with Crippen LogP contribution in [0.5, 0.6) is 0 Å². The van der Waals surface area contributed by atoms with Crippen molar-refractivity contribution < 1.29 is 24.0 Å². The molecule has 0 aliphatic rings. The molecule has 0 atom stereocenters. The molecule has 0 saturated heterocycles. The largest absolute Gasteiger partial charge is 0.370 e. The van der Waals surface area contributed by atoms with Gasteiger partial charge in [0.25, 0.3) is 29.5 Å². The minimum absolute atomic E-state index is 0.195. The molecule has 4 heterocycles. The smallest absolute Gasteiger partial charge is 0.272 e. The molecule has 17 nitrogen and oxygen atoms in total. The van der Waals surface area contributed by atoms with Crippen molar-refractivity contribution in [2.45, 2.75) is 0 Å². The maximum absolute atomic E-state index is 13.2. The summed E-state index contributed by atoms with van der Waals surface area (Å²) in [7, 11) is 8.17. The third-order valence-corrected chi connectivity index (χ3v) is 7.36. The normalized spacial score (nSPS) is 11.1. The molecule has 4 aromatic rings. The Bertz CT molecular complexity index is 1980. The molecule has 5 amide bonds. The zero-order valence-corrected chi connectivity index (χ0v) is 28.2. The summed E-state index contributed by atoms with van der Waals surface area (Å²) in [5, 5.41) is 16.2. The number of hydrogen-bond donors (Lipinski definition) is 7. The van der Waals surface area contributed by atoms with Gasteiger partial charge in [0, 0.05) is 73.1 Å². The van der Waals surface area contributed by atoms with Gasteiger partial charge in [-0.2, -0.15) is 0 Å². The number of amides is 5. The summed E-state index contributed by atoms with van der Waals surface area (Å²) < 4.78 is 6.20. The Morgan fingerprint density at radius 1 is 0.633 bits per heavy atom. The standard InChI is InChI=1S/C31H37ClN12O5/c1-17(32)26(45)37-18-10-23(42(4)13-18)28(47)39-20-12-25(44(6)15-20)30(49)40-21-11-24(43(5)16-21)29(48)38-19-9-22(41(3)14-19)27(46)35-7-8-36-31(33)34-2/h9-16H,1,7-8H2,2-6H3,(H,35,46)(H,37,45)(H,38,48)(H,39,47)(H,40,49)(H3,33,34,36). The first-order valence-electron chi connectivity index (χ1n) is 14.7. The van der Waals surface area contributed by atoms with Gasteiger partial charge in [-0.3, -0.25) is 29.0 Å². The van der Waals surface area contributed by atoms with E-state index in [4.69, 9.17) is 17.3 Å². The predicted molar refractivity (Wildman–Crippen MR) is 187 cm³/mol. The highest BCUT2D eigenvalue weighted by Gasteiger charge is 2.20. The summed E-state index contributed by atoms with van der Waals surface area (Å²) in [6.07, 6.45) is 6.31. The summed E-state index contributed by atoms with van der Waals surface area (Å²) in [6.45, 7) is 4.07. The molecule has 0 aliphatic carbocycles. The van der Waals surface area contributed by atoms with Gasteiger partial charge in [-0.1, -0.05) is 18.2 Å². The minimum atomic E-state index is -0.592. The Hall–Kier alpha value is -6.23. The molecule has 0 fully saturated rings. The second kappa shape index (κ2) is 15.1. The van der Waals surface area contributed by atoms with Crippen LogP contribution in [0, 0.1) is 0 Å². The molecule has 8 N–H and O–H groups in total. The van der Waals surface area contributed by atoms with Crippen LogP contribution in [0.3, 0.4) is 0 Å². The maximum atomic E-state index is 13.2. The summed E-state index contributed by atoms with van der Waals surface area (Å²) in [5.41, 5.74) is 8.11. The number of nitrogens with one attached hydrogen (secondary N) is 6.